The van der Waals surface area contributed by atoms with Gasteiger partial charge in [0.25, 0.3) is 0 Å². The molecule has 1 aliphatic rings. The molecule has 1 fully saturated rings. The van der Waals surface area contributed by atoms with E-state index in [-0.39, 0.29) is 17.2 Å². The Morgan fingerprint density at radius 1 is 0.973 bits per heavy atom. The van der Waals surface area contributed by atoms with E-state index in [1.165, 1.54) is 13.2 Å². The van der Waals surface area contributed by atoms with E-state index in [0.717, 1.165) is 16.8 Å². The molecule has 4 rings (SSSR count). The van der Waals surface area contributed by atoms with Gasteiger partial charge in [-0.2, -0.15) is 4.72 Å². The zero-order valence-corrected chi connectivity index (χ0v) is 22.8. The minimum absolute atomic E-state index is 0.0953. The monoisotopic (exact) mass is 541 g/mol. The number of aryl methyl sites for hydroxylation is 2. The fraction of sp³-hybridized carbons (Fsp3) is 0.321. The Morgan fingerprint density at radius 3 is 2.32 bits per heavy atom. The standard InChI is InChI=1S/C28H32ClN3O4S/c1-20-9-10-23(29)19-26(20)31-13-15-32(16-14-31)28(33)25(18-22-7-5-4-6-8-22)30-37(34,35)24-11-12-27(36-3)21(2)17-24/h4-12,17,19,25,30H,13-16,18H2,1-3H3/t25-/m1/s1. The highest BCUT2D eigenvalue weighted by molar-refractivity contribution is 7.89. The fourth-order valence-corrected chi connectivity index (χ4v) is 6.05. The normalized spacial score (nSPS) is 14.9. The predicted octanol–water partition coefficient (Wildman–Crippen LogP) is 4.20. The van der Waals surface area contributed by atoms with Crippen LogP contribution in [0.1, 0.15) is 16.7 Å². The summed E-state index contributed by atoms with van der Waals surface area (Å²) in [6.45, 7) is 6.06. The molecular formula is C28H32ClN3O4S. The number of rotatable bonds is 8. The van der Waals surface area contributed by atoms with Crippen molar-refractivity contribution >= 4 is 33.2 Å². The first kappa shape index (κ1) is 27.0. The number of hydrogen-bond acceptors (Lipinski definition) is 5. The molecule has 0 radical (unpaired) electrons. The molecule has 37 heavy (non-hydrogen) atoms. The number of nitrogens with zero attached hydrogens (tertiary/aromatic N) is 2. The second kappa shape index (κ2) is 11.5. The molecule has 0 spiro atoms. The van der Waals surface area contributed by atoms with Crippen LogP contribution in [-0.2, 0) is 21.2 Å². The van der Waals surface area contributed by atoms with Gasteiger partial charge in [-0.3, -0.25) is 4.79 Å². The van der Waals surface area contributed by atoms with E-state index >= 15 is 0 Å². The van der Waals surface area contributed by atoms with Crippen LogP contribution in [0.5, 0.6) is 5.75 Å². The van der Waals surface area contributed by atoms with Gasteiger partial charge in [-0.1, -0.05) is 48.0 Å². The highest BCUT2D eigenvalue weighted by atomic mass is 35.5. The minimum atomic E-state index is -3.95. The smallest absolute Gasteiger partial charge is 0.241 e. The van der Waals surface area contributed by atoms with Gasteiger partial charge in [-0.15, -0.1) is 0 Å². The van der Waals surface area contributed by atoms with E-state index in [2.05, 4.69) is 9.62 Å². The SMILES string of the molecule is COc1ccc(S(=O)(=O)N[C@H](Cc2ccccc2)C(=O)N2CCN(c3cc(Cl)ccc3C)CC2)cc1C. The number of sulfonamides is 1. The Kier molecular flexibility index (Phi) is 8.42. The number of piperazine rings is 1. The molecule has 1 N–H and O–H groups in total. The zero-order valence-electron chi connectivity index (χ0n) is 21.3. The van der Waals surface area contributed by atoms with Gasteiger partial charge in [0.1, 0.15) is 11.8 Å². The molecule has 3 aromatic rings. The van der Waals surface area contributed by atoms with Crippen LogP contribution in [0.3, 0.4) is 0 Å². The lowest BCUT2D eigenvalue weighted by Gasteiger charge is -2.38. The van der Waals surface area contributed by atoms with Crippen LogP contribution >= 0.6 is 11.6 Å². The number of carbonyl (C=O) groups excluding carboxylic acids is 1. The van der Waals surface area contributed by atoms with Crippen LogP contribution < -0.4 is 14.4 Å². The van der Waals surface area contributed by atoms with Crippen LogP contribution in [0.15, 0.2) is 71.6 Å². The van der Waals surface area contributed by atoms with Gasteiger partial charge in [0.15, 0.2) is 0 Å². The number of benzene rings is 3. The Bertz CT molecular complexity index is 1360. The van der Waals surface area contributed by atoms with Gasteiger partial charge in [0, 0.05) is 36.9 Å². The summed E-state index contributed by atoms with van der Waals surface area (Å²) in [5, 5.41) is 0.671. The largest absolute Gasteiger partial charge is 0.496 e. The molecule has 1 aliphatic heterocycles. The molecule has 7 nitrogen and oxygen atoms in total. The summed E-state index contributed by atoms with van der Waals surface area (Å²) in [5.41, 5.74) is 3.75. The van der Waals surface area contributed by atoms with Gasteiger partial charge in [-0.25, -0.2) is 8.42 Å². The molecule has 0 bridgehead atoms. The molecule has 1 atom stereocenters. The lowest BCUT2D eigenvalue weighted by atomic mass is 10.1. The summed E-state index contributed by atoms with van der Waals surface area (Å²) in [5.74, 6) is 0.365. The summed E-state index contributed by atoms with van der Waals surface area (Å²) in [6.07, 6.45) is 0.252. The first-order valence-electron chi connectivity index (χ1n) is 12.2. The number of carbonyl (C=O) groups is 1. The van der Waals surface area contributed by atoms with E-state index in [4.69, 9.17) is 16.3 Å². The molecule has 0 unspecified atom stereocenters. The fourth-order valence-electron chi connectivity index (χ4n) is 4.61. The molecule has 0 aliphatic carbocycles. The molecule has 3 aromatic carbocycles. The third kappa shape index (κ3) is 6.44. The van der Waals surface area contributed by atoms with Gasteiger partial charge < -0.3 is 14.5 Å². The number of halogens is 1. The summed E-state index contributed by atoms with van der Waals surface area (Å²) < 4.78 is 34.6. The zero-order chi connectivity index (χ0) is 26.6. The Morgan fingerprint density at radius 2 is 1.68 bits per heavy atom. The minimum Gasteiger partial charge on any atom is -0.496 e. The summed E-state index contributed by atoms with van der Waals surface area (Å²) in [7, 11) is -2.41. The molecule has 0 saturated carbocycles. The summed E-state index contributed by atoms with van der Waals surface area (Å²) in [4.78, 5) is 17.7. The van der Waals surface area contributed by atoms with Crippen molar-refractivity contribution in [2.45, 2.75) is 31.2 Å². The van der Waals surface area contributed by atoms with E-state index in [1.54, 1.807) is 24.0 Å². The molecular weight excluding hydrogens is 510 g/mol. The van der Waals surface area contributed by atoms with Crippen molar-refractivity contribution in [1.82, 2.24) is 9.62 Å². The van der Waals surface area contributed by atoms with Crippen molar-refractivity contribution in [3.8, 4) is 5.75 Å². The number of hydrogen-bond donors (Lipinski definition) is 1. The average Bonchev–Trinajstić information content (AvgIpc) is 2.90. The molecule has 1 saturated heterocycles. The van der Waals surface area contributed by atoms with Crippen LogP contribution in [-0.4, -0.2) is 58.6 Å². The van der Waals surface area contributed by atoms with Crippen molar-refractivity contribution in [2.24, 2.45) is 0 Å². The maximum absolute atomic E-state index is 13.7. The highest BCUT2D eigenvalue weighted by Gasteiger charge is 2.32. The second-order valence-corrected chi connectivity index (χ2v) is 11.4. The Balaban J connectivity index is 1.53. The van der Waals surface area contributed by atoms with E-state index in [0.29, 0.717) is 42.5 Å². The number of methoxy groups -OCH3 is 1. The first-order chi connectivity index (χ1) is 17.7. The van der Waals surface area contributed by atoms with Crippen molar-refractivity contribution in [3.05, 3.63) is 88.4 Å². The first-order valence-corrected chi connectivity index (χ1v) is 14.0. The molecule has 196 valence electrons. The quantitative estimate of drug-likeness (QED) is 0.462. The van der Waals surface area contributed by atoms with Crippen LogP contribution in [0.2, 0.25) is 5.02 Å². The van der Waals surface area contributed by atoms with Crippen molar-refractivity contribution < 1.29 is 17.9 Å². The lowest BCUT2D eigenvalue weighted by molar-refractivity contribution is -0.133. The third-order valence-electron chi connectivity index (χ3n) is 6.66. The highest BCUT2D eigenvalue weighted by Crippen LogP contribution is 2.26. The van der Waals surface area contributed by atoms with Gasteiger partial charge in [0.2, 0.25) is 15.9 Å². The predicted molar refractivity (Wildman–Crippen MR) is 147 cm³/mol. The Hall–Kier alpha value is -3.07. The van der Waals surface area contributed by atoms with Crippen molar-refractivity contribution in [2.75, 3.05) is 38.2 Å². The van der Waals surface area contributed by atoms with Gasteiger partial charge in [-0.05, 0) is 67.3 Å². The maximum atomic E-state index is 13.7. The lowest BCUT2D eigenvalue weighted by Crippen LogP contribution is -2.55. The summed E-state index contributed by atoms with van der Waals surface area (Å²) in [6, 6.07) is 19.0. The second-order valence-electron chi connectivity index (χ2n) is 9.24. The molecule has 1 amide bonds. The van der Waals surface area contributed by atoms with Crippen LogP contribution in [0.25, 0.3) is 0 Å². The van der Waals surface area contributed by atoms with Crippen molar-refractivity contribution in [3.63, 3.8) is 0 Å². The topological polar surface area (TPSA) is 78.9 Å². The molecule has 0 aromatic heterocycles. The Labute approximate surface area is 224 Å². The molecule has 1 heterocycles. The number of ether oxygens (including phenoxy) is 1. The van der Waals surface area contributed by atoms with Crippen LogP contribution in [0.4, 0.5) is 5.69 Å². The van der Waals surface area contributed by atoms with E-state index < -0.39 is 16.1 Å². The van der Waals surface area contributed by atoms with E-state index in [1.807, 2.05) is 55.5 Å². The number of anilines is 1. The van der Waals surface area contributed by atoms with E-state index in [9.17, 15) is 13.2 Å². The van der Waals surface area contributed by atoms with Gasteiger partial charge >= 0.3 is 0 Å². The number of nitrogens with one attached hydrogen (secondary N) is 1. The average molecular weight is 542 g/mol. The maximum Gasteiger partial charge on any atom is 0.241 e. The third-order valence-corrected chi connectivity index (χ3v) is 8.36. The van der Waals surface area contributed by atoms with Crippen molar-refractivity contribution in [1.29, 1.82) is 0 Å². The van der Waals surface area contributed by atoms with Gasteiger partial charge in [0.05, 0.1) is 12.0 Å². The number of amides is 1. The summed E-state index contributed by atoms with van der Waals surface area (Å²) >= 11 is 6.21. The van der Waals surface area contributed by atoms with Crippen LogP contribution in [0, 0.1) is 13.8 Å². The molecule has 9 heteroatoms.